The second-order valence-corrected chi connectivity index (χ2v) is 10.7. The summed E-state index contributed by atoms with van der Waals surface area (Å²) in [6.07, 6.45) is 2.53. The molecule has 1 unspecified atom stereocenters. The lowest BCUT2D eigenvalue weighted by Gasteiger charge is -2.26. The van der Waals surface area contributed by atoms with Crippen molar-refractivity contribution in [2.45, 2.75) is 19.0 Å². The molecule has 1 fully saturated rings. The molecular weight excluding hydrogens is 412 g/mol. The van der Waals surface area contributed by atoms with Crippen molar-refractivity contribution < 1.29 is 8.42 Å². The largest absolute Gasteiger partial charge is 0.291 e. The van der Waals surface area contributed by atoms with E-state index < -0.39 is 9.84 Å². The summed E-state index contributed by atoms with van der Waals surface area (Å²) < 4.78 is 24.7. The number of rotatable bonds is 6. The molecule has 4 nitrogen and oxygen atoms in total. The molecule has 1 aliphatic rings. The second-order valence-electron chi connectivity index (χ2n) is 7.08. The molecule has 2 heterocycles. The Labute approximate surface area is 174 Å². The first-order valence-corrected chi connectivity index (χ1v) is 12.2. The molecule has 0 spiro atoms. The number of fused-ring (bicyclic) bond motifs is 1. The smallest absolute Gasteiger partial charge is 0.151 e. The number of nitrogens with zero attached hydrogens (tertiary/aromatic N) is 2. The molecule has 1 aliphatic heterocycles. The third-order valence-corrected chi connectivity index (χ3v) is 8.37. The van der Waals surface area contributed by atoms with Crippen LogP contribution in [0.1, 0.15) is 12.0 Å². The van der Waals surface area contributed by atoms with Crippen molar-refractivity contribution in [3.8, 4) is 10.6 Å². The molecule has 0 N–H and O–H groups in total. The number of hydrogen-bond acceptors (Lipinski definition) is 5. The Kier molecular flexibility index (Phi) is 5.56. The van der Waals surface area contributed by atoms with Gasteiger partial charge in [-0.05, 0) is 24.1 Å². The maximum atomic E-state index is 11.8. The van der Waals surface area contributed by atoms with Crippen LogP contribution in [0.2, 0.25) is 5.02 Å². The van der Waals surface area contributed by atoms with Crippen molar-refractivity contribution in [2.75, 3.05) is 18.1 Å². The molecule has 28 heavy (non-hydrogen) atoms. The lowest BCUT2D eigenvalue weighted by Crippen LogP contribution is -2.35. The molecule has 0 amide bonds. The van der Waals surface area contributed by atoms with E-state index in [2.05, 4.69) is 40.7 Å². The van der Waals surface area contributed by atoms with Gasteiger partial charge in [-0.15, -0.1) is 17.9 Å². The van der Waals surface area contributed by atoms with E-state index in [1.165, 1.54) is 0 Å². The second kappa shape index (κ2) is 7.95. The molecule has 1 saturated heterocycles. The van der Waals surface area contributed by atoms with Gasteiger partial charge in [-0.25, -0.2) is 13.4 Å². The Balaban J connectivity index is 1.53. The zero-order valence-electron chi connectivity index (χ0n) is 15.3. The van der Waals surface area contributed by atoms with Gasteiger partial charge in [0.2, 0.25) is 0 Å². The highest BCUT2D eigenvalue weighted by Gasteiger charge is 2.31. The van der Waals surface area contributed by atoms with Gasteiger partial charge in [0.25, 0.3) is 0 Å². The topological polar surface area (TPSA) is 50.3 Å². The van der Waals surface area contributed by atoms with Crippen molar-refractivity contribution in [1.82, 2.24) is 9.88 Å². The van der Waals surface area contributed by atoms with Crippen LogP contribution in [-0.2, 0) is 16.4 Å². The standard InChI is InChI=1S/C21H21ClN2O2S2/c1-2-11-24(17-10-12-28(25,26)14-17)13-15-6-8-16(9-7-15)21-23-19-5-3-4-18(22)20(19)27-21/h2-9,17H,1,10-14H2. The number of halogens is 1. The molecule has 3 aromatic rings. The highest BCUT2D eigenvalue weighted by atomic mass is 35.5. The highest BCUT2D eigenvalue weighted by molar-refractivity contribution is 7.91. The number of aromatic nitrogens is 1. The van der Waals surface area contributed by atoms with Gasteiger partial charge in [0.1, 0.15) is 5.01 Å². The van der Waals surface area contributed by atoms with Crippen molar-refractivity contribution in [3.63, 3.8) is 0 Å². The Morgan fingerprint density at radius 1 is 1.25 bits per heavy atom. The van der Waals surface area contributed by atoms with Crippen LogP contribution in [-0.4, -0.2) is 42.4 Å². The van der Waals surface area contributed by atoms with E-state index in [-0.39, 0.29) is 17.5 Å². The maximum absolute atomic E-state index is 11.8. The van der Waals surface area contributed by atoms with Crippen LogP contribution in [0, 0.1) is 0 Å². The summed E-state index contributed by atoms with van der Waals surface area (Å²) in [6.45, 7) is 5.21. The molecule has 1 atom stereocenters. The van der Waals surface area contributed by atoms with E-state index in [0.717, 1.165) is 31.4 Å². The van der Waals surface area contributed by atoms with E-state index in [4.69, 9.17) is 11.6 Å². The number of thiazole rings is 1. The average molecular weight is 433 g/mol. The fourth-order valence-corrected chi connectivity index (χ4v) is 6.62. The first-order valence-electron chi connectivity index (χ1n) is 9.15. The molecular formula is C21H21ClN2O2S2. The minimum atomic E-state index is -2.90. The van der Waals surface area contributed by atoms with Gasteiger partial charge in [-0.3, -0.25) is 4.90 Å². The summed E-state index contributed by atoms with van der Waals surface area (Å²) in [7, 11) is -2.90. The minimum absolute atomic E-state index is 0.0640. The lowest BCUT2D eigenvalue weighted by molar-refractivity contribution is 0.227. The predicted molar refractivity (Wildman–Crippen MR) is 118 cm³/mol. The normalized spacial score (nSPS) is 18.7. The van der Waals surface area contributed by atoms with Crippen molar-refractivity contribution in [1.29, 1.82) is 0 Å². The molecule has 1 aromatic heterocycles. The fraction of sp³-hybridized carbons (Fsp3) is 0.286. The van der Waals surface area contributed by atoms with Gasteiger partial charge in [0, 0.05) is 24.7 Å². The molecule has 7 heteroatoms. The number of benzene rings is 2. The SMILES string of the molecule is C=CCN(Cc1ccc(-c2nc3cccc(Cl)c3s2)cc1)C1CCS(=O)(=O)C1. The molecule has 0 radical (unpaired) electrons. The summed E-state index contributed by atoms with van der Waals surface area (Å²) in [6, 6.07) is 14.1. The van der Waals surface area contributed by atoms with E-state index in [1.54, 1.807) is 11.3 Å². The molecule has 0 aliphatic carbocycles. The molecule has 0 bridgehead atoms. The monoisotopic (exact) mass is 432 g/mol. The lowest BCUT2D eigenvalue weighted by atomic mass is 10.1. The zero-order valence-corrected chi connectivity index (χ0v) is 17.7. The molecule has 146 valence electrons. The maximum Gasteiger partial charge on any atom is 0.151 e. The van der Waals surface area contributed by atoms with Crippen LogP contribution in [0.25, 0.3) is 20.8 Å². The van der Waals surface area contributed by atoms with Crippen LogP contribution >= 0.6 is 22.9 Å². The third-order valence-electron chi connectivity index (χ3n) is 5.04. The predicted octanol–water partition coefficient (Wildman–Crippen LogP) is 4.79. The summed E-state index contributed by atoms with van der Waals surface area (Å²) in [5.41, 5.74) is 3.12. The molecule has 2 aromatic carbocycles. The summed E-state index contributed by atoms with van der Waals surface area (Å²) >= 11 is 7.86. The summed E-state index contributed by atoms with van der Waals surface area (Å²) in [4.78, 5) is 6.88. The van der Waals surface area contributed by atoms with E-state index in [0.29, 0.717) is 19.5 Å². The van der Waals surface area contributed by atoms with Gasteiger partial charge in [-0.2, -0.15) is 0 Å². The Morgan fingerprint density at radius 2 is 2.04 bits per heavy atom. The van der Waals surface area contributed by atoms with Crippen molar-refractivity contribution in [2.24, 2.45) is 0 Å². The molecule has 0 saturated carbocycles. The summed E-state index contributed by atoms with van der Waals surface area (Å²) in [5, 5.41) is 1.67. The third kappa shape index (κ3) is 4.15. The van der Waals surface area contributed by atoms with Crippen LogP contribution in [0.5, 0.6) is 0 Å². The van der Waals surface area contributed by atoms with E-state index in [9.17, 15) is 8.42 Å². The minimum Gasteiger partial charge on any atom is -0.291 e. The van der Waals surface area contributed by atoms with Crippen LogP contribution in [0.4, 0.5) is 0 Å². The summed E-state index contributed by atoms with van der Waals surface area (Å²) in [5.74, 6) is 0.524. The van der Waals surface area contributed by atoms with Gasteiger partial charge < -0.3 is 0 Å². The Hall–Kier alpha value is -1.73. The van der Waals surface area contributed by atoms with E-state index >= 15 is 0 Å². The Morgan fingerprint density at radius 3 is 2.68 bits per heavy atom. The quantitative estimate of drug-likeness (QED) is 0.525. The van der Waals surface area contributed by atoms with Crippen molar-refractivity contribution >= 4 is 43.0 Å². The fourth-order valence-electron chi connectivity index (χ4n) is 3.60. The number of hydrogen-bond donors (Lipinski definition) is 0. The van der Waals surface area contributed by atoms with Gasteiger partial charge >= 0.3 is 0 Å². The average Bonchev–Trinajstić information content (AvgIpc) is 3.26. The zero-order chi connectivity index (χ0) is 19.7. The van der Waals surface area contributed by atoms with Gasteiger partial charge in [-0.1, -0.05) is 48.0 Å². The van der Waals surface area contributed by atoms with Gasteiger partial charge in [0.15, 0.2) is 9.84 Å². The van der Waals surface area contributed by atoms with Gasteiger partial charge in [0.05, 0.1) is 26.7 Å². The molecule has 4 rings (SSSR count). The van der Waals surface area contributed by atoms with Crippen LogP contribution in [0.15, 0.2) is 55.1 Å². The first-order chi connectivity index (χ1) is 13.4. The number of sulfone groups is 1. The van der Waals surface area contributed by atoms with Crippen molar-refractivity contribution in [3.05, 3.63) is 65.7 Å². The highest BCUT2D eigenvalue weighted by Crippen LogP contribution is 2.34. The van der Waals surface area contributed by atoms with Crippen LogP contribution in [0.3, 0.4) is 0 Å². The van der Waals surface area contributed by atoms with Crippen LogP contribution < -0.4 is 0 Å². The van der Waals surface area contributed by atoms with E-state index in [1.807, 2.05) is 24.3 Å². The first kappa shape index (κ1) is 19.6. The Bertz CT molecular complexity index is 1110.